The molecule has 2 aromatic heterocycles. The van der Waals surface area contributed by atoms with Crippen LogP contribution in [0.2, 0.25) is 0 Å². The van der Waals surface area contributed by atoms with Gasteiger partial charge in [-0.05, 0) is 49.4 Å². The van der Waals surface area contributed by atoms with Crippen molar-refractivity contribution in [1.29, 1.82) is 0 Å². The van der Waals surface area contributed by atoms with E-state index in [1.807, 2.05) is 43.3 Å². The van der Waals surface area contributed by atoms with Crippen molar-refractivity contribution in [2.75, 3.05) is 7.11 Å². The molecular weight excluding hydrogens is 481 g/mol. The predicted octanol–water partition coefficient (Wildman–Crippen LogP) is 5.43. The van der Waals surface area contributed by atoms with E-state index >= 15 is 4.39 Å². The highest BCUT2D eigenvalue weighted by molar-refractivity contribution is 5.93. The number of rotatable bonds is 4. The zero-order chi connectivity index (χ0) is 26.6. The van der Waals surface area contributed by atoms with Gasteiger partial charge in [0.25, 0.3) is 0 Å². The number of ether oxygens (including phenoxy) is 1. The highest BCUT2D eigenvalue weighted by Crippen LogP contribution is 2.52. The van der Waals surface area contributed by atoms with E-state index in [1.54, 1.807) is 19.2 Å². The molecule has 4 atom stereocenters. The fraction of sp³-hybridized carbons (Fsp3) is 0.355. The van der Waals surface area contributed by atoms with E-state index in [2.05, 4.69) is 11.9 Å². The Morgan fingerprint density at radius 3 is 2.61 bits per heavy atom. The molecule has 0 aliphatic heterocycles. The Hall–Kier alpha value is -3.55. The fourth-order valence-electron chi connectivity index (χ4n) is 6.71. The lowest BCUT2D eigenvalue weighted by molar-refractivity contribution is -0.143. The van der Waals surface area contributed by atoms with Crippen LogP contribution in [-0.4, -0.2) is 39.1 Å². The average Bonchev–Trinajstić information content (AvgIpc) is 2.94. The molecular formula is C31H30FN3O3. The summed E-state index contributed by atoms with van der Waals surface area (Å²) in [5.41, 5.74) is 4.29. The van der Waals surface area contributed by atoms with Crippen molar-refractivity contribution < 1.29 is 19.0 Å². The normalized spacial score (nSPS) is 24.8. The lowest BCUT2D eigenvalue weighted by Crippen LogP contribution is -2.53. The number of aromatic nitrogens is 3. The molecule has 6 rings (SSSR count). The smallest absolute Gasteiger partial charge is 0.164 e. The van der Waals surface area contributed by atoms with Crippen molar-refractivity contribution in [2.45, 2.75) is 51.2 Å². The van der Waals surface area contributed by atoms with Gasteiger partial charge >= 0.3 is 0 Å². The number of carbonyl (C=O) groups is 1. The quantitative estimate of drug-likeness (QED) is 0.393. The number of ketones is 1. The molecule has 38 heavy (non-hydrogen) atoms. The summed E-state index contributed by atoms with van der Waals surface area (Å²) in [6.45, 7) is 3.93. The third kappa shape index (κ3) is 3.76. The number of hydrogen-bond acceptors (Lipinski definition) is 6. The minimum absolute atomic E-state index is 0.0901. The molecule has 0 amide bonds. The lowest BCUT2D eigenvalue weighted by atomic mass is 9.55. The van der Waals surface area contributed by atoms with Crippen LogP contribution in [0.5, 0.6) is 0 Å². The Kier molecular flexibility index (Phi) is 6.08. The molecule has 6 nitrogen and oxygen atoms in total. The Labute approximate surface area is 220 Å². The molecule has 1 saturated carbocycles. The summed E-state index contributed by atoms with van der Waals surface area (Å²) in [5.74, 6) is 0.159. The van der Waals surface area contributed by atoms with Crippen LogP contribution >= 0.6 is 0 Å². The molecule has 194 valence electrons. The summed E-state index contributed by atoms with van der Waals surface area (Å²) < 4.78 is 20.9. The van der Waals surface area contributed by atoms with Crippen LogP contribution < -0.4 is 0 Å². The van der Waals surface area contributed by atoms with Gasteiger partial charge in [-0.3, -0.25) is 9.78 Å². The summed E-state index contributed by atoms with van der Waals surface area (Å²) in [6.07, 6.45) is 1.45. The number of aliphatic hydroxyl groups excluding tert-OH is 1. The van der Waals surface area contributed by atoms with Gasteiger partial charge in [-0.25, -0.2) is 14.4 Å². The van der Waals surface area contributed by atoms with Crippen molar-refractivity contribution in [2.24, 2.45) is 11.8 Å². The second-order valence-corrected chi connectivity index (χ2v) is 10.7. The predicted molar refractivity (Wildman–Crippen MR) is 143 cm³/mol. The third-order valence-corrected chi connectivity index (χ3v) is 8.64. The summed E-state index contributed by atoms with van der Waals surface area (Å²) in [7, 11) is 1.58. The zero-order valence-corrected chi connectivity index (χ0v) is 21.7. The van der Waals surface area contributed by atoms with Gasteiger partial charge < -0.3 is 9.84 Å². The number of fused-ring (bicyclic) bond motifs is 4. The van der Waals surface area contributed by atoms with Crippen molar-refractivity contribution in [3.63, 3.8) is 0 Å². The summed E-state index contributed by atoms with van der Waals surface area (Å²) in [6, 6.07) is 16.2. The molecule has 2 aromatic carbocycles. The zero-order valence-electron chi connectivity index (χ0n) is 21.7. The molecule has 2 aliphatic carbocycles. The highest BCUT2D eigenvalue weighted by atomic mass is 19.1. The van der Waals surface area contributed by atoms with Crippen LogP contribution in [0.3, 0.4) is 0 Å². The van der Waals surface area contributed by atoms with E-state index in [0.29, 0.717) is 35.6 Å². The van der Waals surface area contributed by atoms with Gasteiger partial charge in [0, 0.05) is 40.5 Å². The molecule has 0 bridgehead atoms. The van der Waals surface area contributed by atoms with Crippen molar-refractivity contribution in [3.05, 3.63) is 77.4 Å². The Balaban J connectivity index is 1.66. The topological polar surface area (TPSA) is 85.2 Å². The van der Waals surface area contributed by atoms with E-state index in [-0.39, 0.29) is 30.0 Å². The first-order valence-electron chi connectivity index (χ1n) is 13.1. The van der Waals surface area contributed by atoms with Crippen molar-refractivity contribution in [3.8, 4) is 22.6 Å². The summed E-state index contributed by atoms with van der Waals surface area (Å²) >= 11 is 0. The van der Waals surface area contributed by atoms with E-state index < -0.39 is 11.5 Å². The number of hydrogen-bond donors (Lipinski definition) is 1. The molecule has 2 aliphatic rings. The number of halogens is 1. The second-order valence-electron chi connectivity index (χ2n) is 10.7. The van der Waals surface area contributed by atoms with Crippen molar-refractivity contribution >= 4 is 16.7 Å². The highest BCUT2D eigenvalue weighted by Gasteiger charge is 2.53. The number of pyridine rings is 1. The van der Waals surface area contributed by atoms with Crippen LogP contribution in [0.15, 0.2) is 54.6 Å². The Bertz CT molecular complexity index is 1570. The molecule has 1 fully saturated rings. The SMILES string of the molecule is COC1C[C@@]2(C)c3nc(-c4cc(CO)nc5ccccc45)nc(-c4ccccc4F)c3CC[C@@H]2[C@@H](C)C1=O. The van der Waals surface area contributed by atoms with Crippen LogP contribution in [-0.2, 0) is 28.0 Å². The number of para-hydroxylation sites is 1. The summed E-state index contributed by atoms with van der Waals surface area (Å²) in [4.78, 5) is 27.8. The number of methoxy groups -OCH3 is 1. The van der Waals surface area contributed by atoms with Crippen LogP contribution in [0.1, 0.15) is 43.6 Å². The van der Waals surface area contributed by atoms with Gasteiger partial charge in [0.15, 0.2) is 11.6 Å². The molecule has 0 saturated heterocycles. The third-order valence-electron chi connectivity index (χ3n) is 8.64. The van der Waals surface area contributed by atoms with Gasteiger partial charge in [-0.2, -0.15) is 0 Å². The van der Waals surface area contributed by atoms with Crippen LogP contribution in [0.25, 0.3) is 33.5 Å². The molecule has 4 aromatic rings. The Morgan fingerprint density at radius 2 is 1.84 bits per heavy atom. The molecule has 0 spiro atoms. The first-order chi connectivity index (χ1) is 18.4. The molecule has 1 unspecified atom stereocenters. The maximum atomic E-state index is 15.2. The van der Waals surface area contributed by atoms with Crippen LogP contribution in [0, 0.1) is 17.7 Å². The van der Waals surface area contributed by atoms with E-state index in [9.17, 15) is 9.90 Å². The number of Topliss-reactive ketones (excluding diaryl/α,β-unsaturated/α-hetero) is 1. The van der Waals surface area contributed by atoms with E-state index in [0.717, 1.165) is 34.1 Å². The van der Waals surface area contributed by atoms with E-state index in [4.69, 9.17) is 14.7 Å². The molecule has 0 radical (unpaired) electrons. The maximum absolute atomic E-state index is 15.2. The van der Waals surface area contributed by atoms with Gasteiger partial charge in [0.05, 0.1) is 29.2 Å². The van der Waals surface area contributed by atoms with Crippen LogP contribution in [0.4, 0.5) is 4.39 Å². The Morgan fingerprint density at radius 1 is 1.08 bits per heavy atom. The fourth-order valence-corrected chi connectivity index (χ4v) is 6.71. The van der Waals surface area contributed by atoms with Gasteiger partial charge in [0.2, 0.25) is 0 Å². The first-order valence-corrected chi connectivity index (χ1v) is 13.1. The van der Waals surface area contributed by atoms with Crippen molar-refractivity contribution in [1.82, 2.24) is 15.0 Å². The molecule has 7 heteroatoms. The number of nitrogens with zero attached hydrogens (tertiary/aromatic N) is 3. The number of aliphatic hydroxyl groups is 1. The maximum Gasteiger partial charge on any atom is 0.164 e. The second kappa shape index (κ2) is 9.33. The van der Waals surface area contributed by atoms with Gasteiger partial charge in [-0.1, -0.05) is 44.2 Å². The largest absolute Gasteiger partial charge is 0.390 e. The van der Waals surface area contributed by atoms with E-state index in [1.165, 1.54) is 6.07 Å². The molecule has 1 N–H and O–H groups in total. The molecule has 2 heterocycles. The average molecular weight is 512 g/mol. The minimum Gasteiger partial charge on any atom is -0.390 e. The first kappa shape index (κ1) is 24.8. The summed E-state index contributed by atoms with van der Waals surface area (Å²) in [5, 5.41) is 10.8. The number of carbonyl (C=O) groups excluding carboxylic acids is 1. The standard InChI is InChI=1S/C31H30FN3O3/c1-17-23-13-12-21-27(20-9-4-6-10-24(20)32)34-30(35-29(21)31(23,2)15-26(38-3)28(17)37)22-14-18(16-36)33-25-11-7-5-8-19(22)25/h4-11,14,17,23,26,36H,12-13,15-16H2,1-3H3/t17-,23-,26?,31-/m1/s1. The van der Waals surface area contributed by atoms with Gasteiger partial charge in [-0.15, -0.1) is 0 Å². The number of benzene rings is 2. The van der Waals surface area contributed by atoms with Gasteiger partial charge in [0.1, 0.15) is 11.9 Å². The lowest BCUT2D eigenvalue weighted by Gasteiger charge is -2.50. The monoisotopic (exact) mass is 511 g/mol. The minimum atomic E-state index is -0.518.